The van der Waals surface area contributed by atoms with Crippen LogP contribution in [0.2, 0.25) is 0 Å². The van der Waals surface area contributed by atoms with Crippen LogP contribution >= 0.6 is 0 Å². The molecule has 0 bridgehead atoms. The van der Waals surface area contributed by atoms with Crippen molar-refractivity contribution in [3.8, 4) is 5.75 Å². The summed E-state index contributed by atoms with van der Waals surface area (Å²) in [6, 6.07) is 8.14. The highest BCUT2D eigenvalue weighted by molar-refractivity contribution is 5.79. The highest BCUT2D eigenvalue weighted by atomic mass is 16.5. The summed E-state index contributed by atoms with van der Waals surface area (Å²) in [5.74, 6) is 2.11. The van der Waals surface area contributed by atoms with Crippen LogP contribution in [0.5, 0.6) is 5.75 Å². The van der Waals surface area contributed by atoms with E-state index in [9.17, 15) is 4.79 Å². The zero-order valence-corrected chi connectivity index (χ0v) is 16.2. The summed E-state index contributed by atoms with van der Waals surface area (Å²) < 4.78 is 5.59. The van der Waals surface area contributed by atoms with Crippen LogP contribution in [0, 0.1) is 5.92 Å². The molecule has 0 unspecified atom stereocenters. The molecule has 0 atom stereocenters. The van der Waals surface area contributed by atoms with E-state index < -0.39 is 0 Å². The van der Waals surface area contributed by atoms with Crippen molar-refractivity contribution in [2.24, 2.45) is 10.9 Å². The van der Waals surface area contributed by atoms with Crippen LogP contribution in [-0.2, 0) is 11.3 Å². The molecule has 0 heterocycles. The summed E-state index contributed by atoms with van der Waals surface area (Å²) in [5.41, 5.74) is 1.08. The normalized spacial score (nSPS) is 14.2. The Morgan fingerprint density at radius 2 is 2.04 bits per heavy atom. The molecule has 144 valence electrons. The van der Waals surface area contributed by atoms with Crippen LogP contribution in [0.3, 0.4) is 0 Å². The zero-order chi connectivity index (χ0) is 18.8. The maximum Gasteiger partial charge on any atom is 0.258 e. The maximum absolute atomic E-state index is 11.7. The molecule has 1 aliphatic rings. The van der Waals surface area contributed by atoms with E-state index in [0.717, 1.165) is 43.8 Å². The minimum absolute atomic E-state index is 0.0537. The Kier molecular flexibility index (Phi) is 8.25. The molecule has 0 saturated heterocycles. The summed E-state index contributed by atoms with van der Waals surface area (Å²) >= 11 is 0. The molecule has 0 aliphatic heterocycles. The average molecular weight is 361 g/mol. The molecule has 0 aromatic heterocycles. The van der Waals surface area contributed by atoms with Gasteiger partial charge in [0, 0.05) is 26.2 Å². The van der Waals surface area contributed by atoms with Crippen LogP contribution in [0.1, 0.15) is 45.1 Å². The van der Waals surface area contributed by atoms with E-state index >= 15 is 0 Å². The summed E-state index contributed by atoms with van der Waals surface area (Å²) in [6.45, 7) is 6.05. The predicted octanol–water partition coefficient (Wildman–Crippen LogP) is 2.45. The van der Waals surface area contributed by atoms with Gasteiger partial charge in [-0.25, -0.2) is 0 Å². The molecule has 6 nitrogen and oxygen atoms in total. The third-order valence-electron chi connectivity index (χ3n) is 4.61. The molecule has 1 aliphatic carbocycles. The summed E-state index contributed by atoms with van der Waals surface area (Å²) in [5, 5.41) is 9.61. The van der Waals surface area contributed by atoms with Gasteiger partial charge in [-0.2, -0.15) is 0 Å². The Balaban J connectivity index is 1.76. The van der Waals surface area contributed by atoms with E-state index in [2.05, 4.69) is 34.8 Å². The first-order valence-electron chi connectivity index (χ1n) is 9.60. The number of carbonyl (C=O) groups is 1. The monoisotopic (exact) mass is 360 g/mol. The number of carbonyl (C=O) groups excluding carboxylic acids is 1. The molecule has 26 heavy (non-hydrogen) atoms. The number of nitrogens with one attached hydrogen (secondary N) is 3. The quantitative estimate of drug-likeness (QED) is 0.443. The van der Waals surface area contributed by atoms with Crippen molar-refractivity contribution in [1.29, 1.82) is 0 Å². The SMILES string of the molecule is CCC(CC)CNC(=NC)NCc1cccc(OCC(=O)NC2CC2)c1. The molecule has 1 amide bonds. The molecular weight excluding hydrogens is 328 g/mol. The van der Waals surface area contributed by atoms with E-state index in [-0.39, 0.29) is 12.5 Å². The van der Waals surface area contributed by atoms with Gasteiger partial charge in [0.1, 0.15) is 5.75 Å². The Hall–Kier alpha value is -2.24. The number of nitrogens with zero attached hydrogens (tertiary/aromatic N) is 1. The Morgan fingerprint density at radius 3 is 2.69 bits per heavy atom. The lowest BCUT2D eigenvalue weighted by Gasteiger charge is -2.17. The van der Waals surface area contributed by atoms with Gasteiger partial charge in [0.15, 0.2) is 12.6 Å². The molecule has 1 aromatic rings. The van der Waals surface area contributed by atoms with Crippen LogP contribution in [0.25, 0.3) is 0 Å². The lowest BCUT2D eigenvalue weighted by molar-refractivity contribution is -0.123. The fraction of sp³-hybridized carbons (Fsp3) is 0.600. The van der Waals surface area contributed by atoms with Gasteiger partial charge in [0.2, 0.25) is 0 Å². The fourth-order valence-corrected chi connectivity index (χ4v) is 2.62. The molecule has 0 radical (unpaired) electrons. The molecule has 3 N–H and O–H groups in total. The first-order valence-corrected chi connectivity index (χ1v) is 9.60. The Labute approximate surface area is 156 Å². The van der Waals surface area contributed by atoms with Crippen molar-refractivity contribution in [2.45, 2.75) is 52.1 Å². The standard InChI is InChI=1S/C20H32N4O2/c1-4-15(5-2)12-22-20(21-3)23-13-16-7-6-8-18(11-16)26-14-19(25)24-17-9-10-17/h6-8,11,15,17H,4-5,9-10,12-14H2,1-3H3,(H,24,25)(H2,21,22,23). The number of benzene rings is 1. The molecule has 1 fully saturated rings. The van der Waals surface area contributed by atoms with Gasteiger partial charge >= 0.3 is 0 Å². The van der Waals surface area contributed by atoms with Crippen molar-refractivity contribution in [3.63, 3.8) is 0 Å². The van der Waals surface area contributed by atoms with Crippen LogP contribution in [0.4, 0.5) is 0 Å². The van der Waals surface area contributed by atoms with Crippen molar-refractivity contribution in [3.05, 3.63) is 29.8 Å². The smallest absolute Gasteiger partial charge is 0.258 e. The minimum atomic E-state index is -0.0537. The van der Waals surface area contributed by atoms with E-state index in [0.29, 0.717) is 24.3 Å². The van der Waals surface area contributed by atoms with Gasteiger partial charge in [-0.05, 0) is 36.5 Å². The topological polar surface area (TPSA) is 74.8 Å². The third kappa shape index (κ3) is 7.33. The van der Waals surface area contributed by atoms with Gasteiger partial charge in [-0.3, -0.25) is 9.79 Å². The summed E-state index contributed by atoms with van der Waals surface area (Å²) in [7, 11) is 1.78. The van der Waals surface area contributed by atoms with Gasteiger partial charge in [-0.1, -0.05) is 38.8 Å². The number of amides is 1. The second kappa shape index (κ2) is 10.7. The number of rotatable bonds is 10. The van der Waals surface area contributed by atoms with Gasteiger partial charge in [0.05, 0.1) is 0 Å². The largest absolute Gasteiger partial charge is 0.484 e. The minimum Gasteiger partial charge on any atom is -0.484 e. The van der Waals surface area contributed by atoms with Crippen LogP contribution in [-0.4, -0.2) is 38.1 Å². The first kappa shape index (κ1) is 20.1. The van der Waals surface area contributed by atoms with Gasteiger partial charge in [0.25, 0.3) is 5.91 Å². The van der Waals surface area contributed by atoms with Gasteiger partial charge in [-0.15, -0.1) is 0 Å². The molecule has 1 aromatic carbocycles. The first-order chi connectivity index (χ1) is 12.6. The van der Waals surface area contributed by atoms with Crippen LogP contribution in [0.15, 0.2) is 29.3 Å². The Morgan fingerprint density at radius 1 is 1.27 bits per heavy atom. The lowest BCUT2D eigenvalue weighted by atomic mass is 10.0. The van der Waals surface area contributed by atoms with Crippen molar-refractivity contribution >= 4 is 11.9 Å². The van der Waals surface area contributed by atoms with E-state index in [1.807, 2.05) is 24.3 Å². The number of hydrogen-bond donors (Lipinski definition) is 3. The number of aliphatic imine (C=N–C) groups is 1. The maximum atomic E-state index is 11.7. The van der Waals surface area contributed by atoms with E-state index in [4.69, 9.17) is 4.74 Å². The number of guanidine groups is 1. The van der Waals surface area contributed by atoms with Crippen LogP contribution < -0.4 is 20.7 Å². The second-order valence-corrected chi connectivity index (χ2v) is 6.77. The molecule has 1 saturated carbocycles. The third-order valence-corrected chi connectivity index (χ3v) is 4.61. The zero-order valence-electron chi connectivity index (χ0n) is 16.2. The second-order valence-electron chi connectivity index (χ2n) is 6.77. The molecular formula is C20H32N4O2. The molecule has 6 heteroatoms. The van der Waals surface area contributed by atoms with Gasteiger partial charge < -0.3 is 20.7 Å². The molecule has 0 spiro atoms. The highest BCUT2D eigenvalue weighted by Crippen LogP contribution is 2.18. The lowest BCUT2D eigenvalue weighted by Crippen LogP contribution is -2.39. The predicted molar refractivity (Wildman–Crippen MR) is 105 cm³/mol. The highest BCUT2D eigenvalue weighted by Gasteiger charge is 2.23. The number of ether oxygens (including phenoxy) is 1. The van der Waals surface area contributed by atoms with Crippen molar-refractivity contribution < 1.29 is 9.53 Å². The Bertz CT molecular complexity index is 595. The summed E-state index contributed by atoms with van der Waals surface area (Å²) in [4.78, 5) is 16.0. The van der Waals surface area contributed by atoms with E-state index in [1.165, 1.54) is 0 Å². The summed E-state index contributed by atoms with van der Waals surface area (Å²) in [6.07, 6.45) is 4.49. The fourth-order valence-electron chi connectivity index (χ4n) is 2.62. The van der Waals surface area contributed by atoms with Crippen molar-refractivity contribution in [2.75, 3.05) is 20.2 Å². The molecule has 2 rings (SSSR count). The van der Waals surface area contributed by atoms with Crippen molar-refractivity contribution in [1.82, 2.24) is 16.0 Å². The van der Waals surface area contributed by atoms with E-state index in [1.54, 1.807) is 7.05 Å². The average Bonchev–Trinajstić information content (AvgIpc) is 3.47. The number of hydrogen-bond acceptors (Lipinski definition) is 3.